The molecule has 2 rings (SSSR count). The van der Waals surface area contributed by atoms with E-state index in [0.717, 1.165) is 40.3 Å². The van der Waals surface area contributed by atoms with Gasteiger partial charge in [0, 0.05) is 6.54 Å². The Balaban J connectivity index is 2.04. The monoisotopic (exact) mass is 434 g/mol. The van der Waals surface area contributed by atoms with Crippen LogP contribution >= 0.6 is 0 Å². The van der Waals surface area contributed by atoms with Crippen LogP contribution in [0.5, 0.6) is 11.5 Å². The van der Waals surface area contributed by atoms with Crippen LogP contribution in [0.25, 0.3) is 0 Å². The number of hydrogen-bond acceptors (Lipinski definition) is 5. The van der Waals surface area contributed by atoms with Crippen molar-refractivity contribution in [1.82, 2.24) is 5.32 Å². The lowest BCUT2D eigenvalue weighted by atomic mass is 10.1. The molecule has 0 aromatic heterocycles. The highest BCUT2D eigenvalue weighted by atomic mass is 32.2. The van der Waals surface area contributed by atoms with E-state index in [1.54, 1.807) is 26.2 Å². The fourth-order valence-corrected chi connectivity index (χ4v) is 4.37. The van der Waals surface area contributed by atoms with Gasteiger partial charge in [-0.1, -0.05) is 18.2 Å². The highest BCUT2D eigenvalue weighted by Gasteiger charge is 2.31. The van der Waals surface area contributed by atoms with E-state index in [9.17, 15) is 13.2 Å². The molecule has 30 heavy (non-hydrogen) atoms. The molecule has 0 aliphatic heterocycles. The molecule has 7 nitrogen and oxygen atoms in total. The fourth-order valence-electron chi connectivity index (χ4n) is 3.20. The number of sulfonamides is 1. The van der Waals surface area contributed by atoms with Crippen LogP contribution in [0, 0.1) is 6.92 Å². The summed E-state index contributed by atoms with van der Waals surface area (Å²) >= 11 is 0. The van der Waals surface area contributed by atoms with E-state index in [1.807, 2.05) is 37.3 Å². The van der Waals surface area contributed by atoms with Gasteiger partial charge in [0.25, 0.3) is 0 Å². The molecule has 0 spiro atoms. The second-order valence-electron chi connectivity index (χ2n) is 7.15. The van der Waals surface area contributed by atoms with Crippen LogP contribution in [0.2, 0.25) is 0 Å². The zero-order valence-corrected chi connectivity index (χ0v) is 19.0. The maximum Gasteiger partial charge on any atom is 0.243 e. The van der Waals surface area contributed by atoms with Crippen LogP contribution in [0.1, 0.15) is 24.5 Å². The van der Waals surface area contributed by atoms with Gasteiger partial charge >= 0.3 is 0 Å². The zero-order chi connectivity index (χ0) is 22.3. The van der Waals surface area contributed by atoms with E-state index in [2.05, 4.69) is 5.32 Å². The van der Waals surface area contributed by atoms with Gasteiger partial charge in [-0.2, -0.15) is 0 Å². The lowest BCUT2D eigenvalue weighted by molar-refractivity contribution is -0.121. The smallest absolute Gasteiger partial charge is 0.243 e. The van der Waals surface area contributed by atoms with Gasteiger partial charge in [-0.15, -0.1) is 0 Å². The number of carbonyl (C=O) groups is 1. The average molecular weight is 435 g/mol. The number of rotatable bonds is 10. The van der Waals surface area contributed by atoms with Crippen LogP contribution in [-0.4, -0.2) is 47.4 Å². The van der Waals surface area contributed by atoms with E-state index < -0.39 is 16.1 Å². The summed E-state index contributed by atoms with van der Waals surface area (Å²) in [5, 5.41) is 2.84. The first-order valence-electron chi connectivity index (χ1n) is 9.72. The van der Waals surface area contributed by atoms with Gasteiger partial charge in [0.2, 0.25) is 15.9 Å². The second-order valence-corrected chi connectivity index (χ2v) is 9.01. The van der Waals surface area contributed by atoms with Crippen molar-refractivity contribution in [2.45, 2.75) is 32.7 Å². The van der Waals surface area contributed by atoms with Crippen LogP contribution in [-0.2, 0) is 21.2 Å². The lowest BCUT2D eigenvalue weighted by Gasteiger charge is -2.29. The molecule has 0 saturated carbocycles. The summed E-state index contributed by atoms with van der Waals surface area (Å²) in [6.45, 7) is 3.87. The summed E-state index contributed by atoms with van der Waals surface area (Å²) < 4.78 is 36.6. The first kappa shape index (κ1) is 23.5. The van der Waals surface area contributed by atoms with E-state index in [1.165, 1.54) is 7.11 Å². The number of anilines is 1. The number of amides is 1. The topological polar surface area (TPSA) is 84.9 Å². The molecule has 0 aliphatic rings. The SMILES string of the molecule is COc1ccc(CCCNC(=O)[C@H](C)N(c2cc(C)ccc2OC)S(C)(=O)=O)cc1. The summed E-state index contributed by atoms with van der Waals surface area (Å²) in [5.74, 6) is 0.831. The molecule has 1 amide bonds. The molecule has 8 heteroatoms. The average Bonchev–Trinajstić information content (AvgIpc) is 2.70. The maximum absolute atomic E-state index is 12.7. The minimum atomic E-state index is -3.71. The molecular formula is C22H30N2O5S. The van der Waals surface area contributed by atoms with Crippen LogP contribution < -0.4 is 19.1 Å². The molecule has 0 unspecified atom stereocenters. The van der Waals surface area contributed by atoms with Crippen LogP contribution in [0.3, 0.4) is 0 Å². The Bertz CT molecular complexity index is 958. The first-order valence-corrected chi connectivity index (χ1v) is 11.6. The lowest BCUT2D eigenvalue weighted by Crippen LogP contribution is -2.48. The summed E-state index contributed by atoms with van der Waals surface area (Å²) in [4.78, 5) is 12.7. The number of nitrogens with zero attached hydrogens (tertiary/aromatic N) is 1. The molecule has 0 radical (unpaired) electrons. The highest BCUT2D eigenvalue weighted by molar-refractivity contribution is 7.92. The predicted octanol–water partition coefficient (Wildman–Crippen LogP) is 2.92. The molecule has 0 heterocycles. The molecule has 0 fully saturated rings. The Morgan fingerprint density at radius 3 is 2.33 bits per heavy atom. The number of nitrogens with one attached hydrogen (secondary N) is 1. The number of hydrogen-bond donors (Lipinski definition) is 1. The summed E-state index contributed by atoms with van der Waals surface area (Å²) in [5.41, 5.74) is 2.35. The Morgan fingerprint density at radius 1 is 1.10 bits per heavy atom. The van der Waals surface area contributed by atoms with Gasteiger partial charge in [0.15, 0.2) is 0 Å². The van der Waals surface area contributed by atoms with E-state index in [-0.39, 0.29) is 5.91 Å². The van der Waals surface area contributed by atoms with Gasteiger partial charge in [-0.05, 0) is 62.1 Å². The van der Waals surface area contributed by atoms with Crippen molar-refractivity contribution in [2.75, 3.05) is 31.3 Å². The molecule has 0 saturated heterocycles. The van der Waals surface area contributed by atoms with Crippen molar-refractivity contribution in [1.29, 1.82) is 0 Å². The Labute approximate surface area is 179 Å². The van der Waals surface area contributed by atoms with Crippen molar-refractivity contribution < 1.29 is 22.7 Å². The third kappa shape index (κ3) is 6.13. The van der Waals surface area contributed by atoms with Crippen LogP contribution in [0.15, 0.2) is 42.5 Å². The molecular weight excluding hydrogens is 404 g/mol. The Morgan fingerprint density at radius 2 is 1.77 bits per heavy atom. The highest BCUT2D eigenvalue weighted by Crippen LogP contribution is 2.32. The zero-order valence-electron chi connectivity index (χ0n) is 18.1. The largest absolute Gasteiger partial charge is 0.497 e. The molecule has 1 N–H and O–H groups in total. The standard InChI is InChI=1S/C22H30N2O5S/c1-16-8-13-21(29-4)20(15-16)24(30(5,26)27)17(2)22(25)23-14-6-7-18-9-11-19(28-3)12-10-18/h8-13,15,17H,6-7,14H2,1-5H3,(H,23,25)/t17-/m0/s1. The van der Waals surface area contributed by atoms with Crippen molar-refractivity contribution in [2.24, 2.45) is 0 Å². The van der Waals surface area contributed by atoms with E-state index in [0.29, 0.717) is 18.0 Å². The van der Waals surface area contributed by atoms with E-state index >= 15 is 0 Å². The summed E-state index contributed by atoms with van der Waals surface area (Å²) in [6.07, 6.45) is 2.61. The van der Waals surface area contributed by atoms with Gasteiger partial charge in [0.05, 0.1) is 26.2 Å². The Kier molecular flexibility index (Phi) is 8.11. The number of methoxy groups -OCH3 is 2. The number of ether oxygens (including phenoxy) is 2. The number of carbonyl (C=O) groups excluding carboxylic acids is 1. The summed E-state index contributed by atoms with van der Waals surface area (Å²) in [7, 11) is -0.618. The second kappa shape index (κ2) is 10.3. The van der Waals surface area contributed by atoms with Crippen molar-refractivity contribution in [3.63, 3.8) is 0 Å². The third-order valence-corrected chi connectivity index (χ3v) is 5.99. The van der Waals surface area contributed by atoms with Gasteiger partial charge in [-0.3, -0.25) is 9.10 Å². The van der Waals surface area contributed by atoms with Crippen molar-refractivity contribution in [3.8, 4) is 11.5 Å². The minimum absolute atomic E-state index is 0.348. The molecule has 1 atom stereocenters. The molecule has 2 aromatic carbocycles. The molecule has 2 aromatic rings. The van der Waals surface area contributed by atoms with Crippen molar-refractivity contribution >= 4 is 21.6 Å². The number of aryl methyl sites for hydroxylation is 2. The summed E-state index contributed by atoms with van der Waals surface area (Å²) in [6, 6.07) is 12.1. The maximum atomic E-state index is 12.7. The van der Waals surface area contributed by atoms with Gasteiger partial charge in [0.1, 0.15) is 17.5 Å². The van der Waals surface area contributed by atoms with Gasteiger partial charge < -0.3 is 14.8 Å². The first-order chi connectivity index (χ1) is 14.2. The van der Waals surface area contributed by atoms with Crippen LogP contribution in [0.4, 0.5) is 5.69 Å². The normalized spacial score (nSPS) is 12.2. The van der Waals surface area contributed by atoms with Crippen molar-refractivity contribution in [3.05, 3.63) is 53.6 Å². The Hall–Kier alpha value is -2.74. The van der Waals surface area contributed by atoms with E-state index in [4.69, 9.17) is 9.47 Å². The number of benzene rings is 2. The quantitative estimate of drug-likeness (QED) is 0.581. The molecule has 0 aliphatic carbocycles. The third-order valence-electron chi connectivity index (χ3n) is 4.76. The molecule has 164 valence electrons. The van der Waals surface area contributed by atoms with Gasteiger partial charge in [-0.25, -0.2) is 8.42 Å². The molecule has 0 bridgehead atoms. The fraction of sp³-hybridized carbons (Fsp3) is 0.409. The predicted molar refractivity (Wildman–Crippen MR) is 119 cm³/mol. The minimum Gasteiger partial charge on any atom is -0.497 e.